The van der Waals surface area contributed by atoms with Gasteiger partial charge in [0, 0.05) is 7.11 Å². The highest BCUT2D eigenvalue weighted by Crippen LogP contribution is 2.15. The van der Waals surface area contributed by atoms with Gasteiger partial charge in [-0.2, -0.15) is 5.26 Å². The van der Waals surface area contributed by atoms with Crippen LogP contribution in [0.4, 0.5) is 0 Å². The number of ether oxygens (including phenoxy) is 2. The summed E-state index contributed by atoms with van der Waals surface area (Å²) >= 11 is 0. The number of nitriles is 1. The fraction of sp³-hybridized carbons (Fsp3) is 0.235. The van der Waals surface area contributed by atoms with Gasteiger partial charge in [-0.15, -0.1) is 0 Å². The fourth-order valence-electron chi connectivity index (χ4n) is 1.81. The molecule has 20 heavy (non-hydrogen) atoms. The Bertz CT molecular complexity index is 567. The number of hydrogen-bond acceptors (Lipinski definition) is 3. The van der Waals surface area contributed by atoms with Crippen molar-refractivity contribution in [1.29, 1.82) is 5.26 Å². The van der Waals surface area contributed by atoms with Gasteiger partial charge in [0.05, 0.1) is 18.2 Å². The molecule has 3 nitrogen and oxygen atoms in total. The van der Waals surface area contributed by atoms with E-state index in [0.29, 0.717) is 12.2 Å². The van der Waals surface area contributed by atoms with Gasteiger partial charge >= 0.3 is 0 Å². The standard InChI is InChI=1S/C17H17NO2/c1-19-11-10-14-6-8-17(9-7-14)20-13-16-4-2-15(12-18)3-5-16/h2-9H,10-11,13H2,1H3. The van der Waals surface area contributed by atoms with Crippen molar-refractivity contribution < 1.29 is 9.47 Å². The lowest BCUT2D eigenvalue weighted by molar-refractivity contribution is 0.202. The molecule has 0 aliphatic heterocycles. The smallest absolute Gasteiger partial charge is 0.119 e. The third kappa shape index (κ3) is 4.11. The maximum atomic E-state index is 8.73. The fourth-order valence-corrected chi connectivity index (χ4v) is 1.81. The van der Waals surface area contributed by atoms with E-state index in [2.05, 4.69) is 6.07 Å². The predicted octanol–water partition coefficient (Wildman–Crippen LogP) is 3.33. The average molecular weight is 267 g/mol. The van der Waals surface area contributed by atoms with Crippen LogP contribution in [0.1, 0.15) is 16.7 Å². The summed E-state index contributed by atoms with van der Waals surface area (Å²) in [5, 5.41) is 8.73. The molecule has 0 bridgehead atoms. The van der Waals surface area contributed by atoms with Crippen molar-refractivity contribution in [2.75, 3.05) is 13.7 Å². The summed E-state index contributed by atoms with van der Waals surface area (Å²) in [6.45, 7) is 1.23. The molecule has 0 amide bonds. The zero-order valence-corrected chi connectivity index (χ0v) is 11.5. The summed E-state index contributed by atoms with van der Waals surface area (Å²) in [5.74, 6) is 0.843. The van der Waals surface area contributed by atoms with Gasteiger partial charge < -0.3 is 9.47 Å². The molecule has 0 atom stereocenters. The van der Waals surface area contributed by atoms with Gasteiger partial charge in [-0.05, 0) is 41.8 Å². The minimum Gasteiger partial charge on any atom is -0.489 e. The zero-order valence-electron chi connectivity index (χ0n) is 11.5. The van der Waals surface area contributed by atoms with Gasteiger partial charge in [0.25, 0.3) is 0 Å². The molecule has 0 saturated heterocycles. The van der Waals surface area contributed by atoms with Gasteiger partial charge in [-0.25, -0.2) is 0 Å². The molecule has 0 aliphatic rings. The monoisotopic (exact) mass is 267 g/mol. The van der Waals surface area contributed by atoms with E-state index in [-0.39, 0.29) is 0 Å². The molecule has 2 aromatic rings. The second-order valence-corrected chi connectivity index (χ2v) is 4.48. The quantitative estimate of drug-likeness (QED) is 0.806. The summed E-state index contributed by atoms with van der Waals surface area (Å²) < 4.78 is 10.8. The minimum absolute atomic E-state index is 0.503. The van der Waals surface area contributed by atoms with Crippen LogP contribution in [0.3, 0.4) is 0 Å². The molecule has 0 heterocycles. The predicted molar refractivity (Wildman–Crippen MR) is 77.5 cm³/mol. The first-order valence-corrected chi connectivity index (χ1v) is 6.51. The van der Waals surface area contributed by atoms with Crippen molar-refractivity contribution in [3.8, 4) is 11.8 Å². The molecule has 102 valence electrons. The highest BCUT2D eigenvalue weighted by Gasteiger charge is 1.98. The number of rotatable bonds is 6. The number of methoxy groups -OCH3 is 1. The Morgan fingerprint density at radius 2 is 1.60 bits per heavy atom. The molecule has 0 unspecified atom stereocenters. The average Bonchev–Trinajstić information content (AvgIpc) is 2.52. The van der Waals surface area contributed by atoms with Crippen LogP contribution in [-0.2, 0) is 17.8 Å². The van der Waals surface area contributed by atoms with Crippen LogP contribution < -0.4 is 4.74 Å². The van der Waals surface area contributed by atoms with Crippen molar-refractivity contribution >= 4 is 0 Å². The molecule has 2 aromatic carbocycles. The molecular weight excluding hydrogens is 250 g/mol. The summed E-state index contributed by atoms with van der Waals surface area (Å²) in [4.78, 5) is 0. The van der Waals surface area contributed by atoms with Crippen LogP contribution in [0.2, 0.25) is 0 Å². The minimum atomic E-state index is 0.503. The molecular formula is C17H17NO2. The van der Waals surface area contributed by atoms with Crippen LogP contribution >= 0.6 is 0 Å². The molecule has 2 rings (SSSR count). The number of benzene rings is 2. The summed E-state index contributed by atoms with van der Waals surface area (Å²) in [6, 6.07) is 17.5. The lowest BCUT2D eigenvalue weighted by Gasteiger charge is -2.07. The highest BCUT2D eigenvalue weighted by molar-refractivity contribution is 5.32. The molecule has 0 N–H and O–H groups in total. The molecule has 0 saturated carbocycles. The molecule has 0 fully saturated rings. The van der Waals surface area contributed by atoms with Gasteiger partial charge in [-0.1, -0.05) is 24.3 Å². The summed E-state index contributed by atoms with van der Waals surface area (Å²) in [6.07, 6.45) is 0.909. The van der Waals surface area contributed by atoms with Crippen LogP contribution in [0.25, 0.3) is 0 Å². The summed E-state index contributed by atoms with van der Waals surface area (Å²) in [5.41, 5.74) is 2.95. The van der Waals surface area contributed by atoms with Crippen LogP contribution in [0, 0.1) is 11.3 Å². The van der Waals surface area contributed by atoms with Gasteiger partial charge in [0.2, 0.25) is 0 Å². The molecule has 0 aromatic heterocycles. The van der Waals surface area contributed by atoms with E-state index in [0.717, 1.165) is 24.3 Å². The first kappa shape index (κ1) is 14.1. The highest BCUT2D eigenvalue weighted by atomic mass is 16.5. The van der Waals surface area contributed by atoms with Crippen LogP contribution in [0.5, 0.6) is 5.75 Å². The Morgan fingerprint density at radius 1 is 0.950 bits per heavy atom. The van der Waals surface area contributed by atoms with Crippen LogP contribution in [-0.4, -0.2) is 13.7 Å². The van der Waals surface area contributed by atoms with Crippen molar-refractivity contribution in [2.24, 2.45) is 0 Å². The second kappa shape index (κ2) is 7.32. The van der Waals surface area contributed by atoms with Gasteiger partial charge in [0.15, 0.2) is 0 Å². The molecule has 0 radical (unpaired) electrons. The van der Waals surface area contributed by atoms with Gasteiger partial charge in [-0.3, -0.25) is 0 Å². The Kier molecular flexibility index (Phi) is 5.16. The van der Waals surface area contributed by atoms with Crippen molar-refractivity contribution in [3.05, 3.63) is 65.2 Å². The lowest BCUT2D eigenvalue weighted by Crippen LogP contribution is -1.97. The Hall–Kier alpha value is -2.31. The lowest BCUT2D eigenvalue weighted by atomic mass is 10.1. The second-order valence-electron chi connectivity index (χ2n) is 4.48. The summed E-state index contributed by atoms with van der Waals surface area (Å²) in [7, 11) is 1.70. The van der Waals surface area contributed by atoms with E-state index >= 15 is 0 Å². The zero-order chi connectivity index (χ0) is 14.2. The maximum absolute atomic E-state index is 8.73. The molecule has 0 aliphatic carbocycles. The topological polar surface area (TPSA) is 42.2 Å². The van der Waals surface area contributed by atoms with Crippen molar-refractivity contribution in [1.82, 2.24) is 0 Å². The van der Waals surface area contributed by atoms with E-state index in [1.165, 1.54) is 5.56 Å². The van der Waals surface area contributed by atoms with Crippen molar-refractivity contribution in [2.45, 2.75) is 13.0 Å². The van der Waals surface area contributed by atoms with E-state index in [1.54, 1.807) is 19.2 Å². The SMILES string of the molecule is COCCc1ccc(OCc2ccc(C#N)cc2)cc1. The molecule has 0 spiro atoms. The molecule has 3 heteroatoms. The van der Waals surface area contributed by atoms with Gasteiger partial charge in [0.1, 0.15) is 12.4 Å². The first-order valence-electron chi connectivity index (χ1n) is 6.51. The third-order valence-electron chi connectivity index (χ3n) is 3.01. The third-order valence-corrected chi connectivity index (χ3v) is 3.01. The van der Waals surface area contributed by atoms with E-state index in [1.807, 2.05) is 36.4 Å². The first-order chi connectivity index (χ1) is 9.81. The number of hydrogen-bond donors (Lipinski definition) is 0. The van der Waals surface area contributed by atoms with E-state index in [9.17, 15) is 0 Å². The normalized spacial score (nSPS) is 10.0. The maximum Gasteiger partial charge on any atom is 0.119 e. The Balaban J connectivity index is 1.88. The Morgan fingerprint density at radius 3 is 2.20 bits per heavy atom. The number of nitrogens with zero attached hydrogens (tertiary/aromatic N) is 1. The Labute approximate surface area is 119 Å². The van der Waals surface area contributed by atoms with Crippen molar-refractivity contribution in [3.63, 3.8) is 0 Å². The van der Waals surface area contributed by atoms with E-state index in [4.69, 9.17) is 14.7 Å². The largest absolute Gasteiger partial charge is 0.489 e. The van der Waals surface area contributed by atoms with Crippen LogP contribution in [0.15, 0.2) is 48.5 Å². The van der Waals surface area contributed by atoms with E-state index < -0.39 is 0 Å².